The molecule has 0 aliphatic rings. The van der Waals surface area contributed by atoms with Crippen LogP contribution in [0.25, 0.3) is 0 Å². The summed E-state index contributed by atoms with van der Waals surface area (Å²) < 4.78 is 2.17. The lowest BCUT2D eigenvalue weighted by Gasteiger charge is -2.20. The molecule has 0 aliphatic carbocycles. The van der Waals surface area contributed by atoms with Crippen molar-refractivity contribution in [2.75, 3.05) is 6.54 Å². The van der Waals surface area contributed by atoms with Gasteiger partial charge in [0.25, 0.3) is 0 Å². The minimum absolute atomic E-state index is 0.454. The van der Waals surface area contributed by atoms with Crippen LogP contribution in [-0.4, -0.2) is 16.3 Å². The van der Waals surface area contributed by atoms with Crippen LogP contribution in [0, 0.1) is 5.92 Å². The molecular formula is C16H31N3. The van der Waals surface area contributed by atoms with E-state index in [2.05, 4.69) is 55.8 Å². The molecule has 0 amide bonds. The van der Waals surface area contributed by atoms with Crippen LogP contribution in [0.3, 0.4) is 0 Å². The highest BCUT2D eigenvalue weighted by Crippen LogP contribution is 2.22. The van der Waals surface area contributed by atoms with E-state index in [9.17, 15) is 0 Å². The topological polar surface area (TPSA) is 29.9 Å². The van der Waals surface area contributed by atoms with Crippen molar-refractivity contribution in [1.82, 2.24) is 15.1 Å². The lowest BCUT2D eigenvalue weighted by atomic mass is 10.0. The molecule has 0 aliphatic heterocycles. The molecule has 3 nitrogen and oxygen atoms in total. The molecule has 0 aromatic carbocycles. The molecule has 1 heterocycles. The number of hydrogen-bond acceptors (Lipinski definition) is 2. The van der Waals surface area contributed by atoms with Gasteiger partial charge in [-0.15, -0.1) is 0 Å². The van der Waals surface area contributed by atoms with Gasteiger partial charge < -0.3 is 5.32 Å². The molecule has 0 bridgehead atoms. The second kappa shape index (κ2) is 8.36. The summed E-state index contributed by atoms with van der Waals surface area (Å²) in [4.78, 5) is 0. The molecule has 0 fully saturated rings. The summed E-state index contributed by atoms with van der Waals surface area (Å²) in [6.07, 6.45) is 4.66. The Bertz CT molecular complexity index is 355. The van der Waals surface area contributed by atoms with E-state index < -0.39 is 0 Å². The summed E-state index contributed by atoms with van der Waals surface area (Å²) in [5.74, 6) is 0.759. The summed E-state index contributed by atoms with van der Waals surface area (Å²) in [7, 11) is 0. The summed E-state index contributed by atoms with van der Waals surface area (Å²) in [5, 5.41) is 8.37. The fourth-order valence-corrected chi connectivity index (χ4v) is 2.37. The average Bonchev–Trinajstić information content (AvgIpc) is 2.82. The summed E-state index contributed by atoms with van der Waals surface area (Å²) in [5.41, 5.74) is 2.58. The molecule has 0 saturated heterocycles. The van der Waals surface area contributed by atoms with E-state index in [0.717, 1.165) is 25.4 Å². The van der Waals surface area contributed by atoms with Gasteiger partial charge in [0, 0.05) is 12.6 Å². The number of aromatic nitrogens is 2. The number of nitrogens with zero attached hydrogens (tertiary/aromatic N) is 2. The first kappa shape index (κ1) is 16.2. The van der Waals surface area contributed by atoms with Crippen LogP contribution in [0.1, 0.15) is 71.3 Å². The Morgan fingerprint density at radius 2 is 1.95 bits per heavy atom. The van der Waals surface area contributed by atoms with Gasteiger partial charge in [-0.2, -0.15) is 5.10 Å². The van der Waals surface area contributed by atoms with Crippen LogP contribution in [0.5, 0.6) is 0 Å². The van der Waals surface area contributed by atoms with E-state index in [1.807, 2.05) is 0 Å². The zero-order chi connectivity index (χ0) is 14.3. The van der Waals surface area contributed by atoms with Crippen LogP contribution in [-0.2, 0) is 13.0 Å². The summed E-state index contributed by atoms with van der Waals surface area (Å²) >= 11 is 0. The molecule has 1 aromatic heterocycles. The highest BCUT2D eigenvalue weighted by Gasteiger charge is 2.17. The Labute approximate surface area is 118 Å². The second-order valence-electron chi connectivity index (χ2n) is 5.71. The molecule has 0 saturated carbocycles. The predicted molar refractivity (Wildman–Crippen MR) is 82.4 cm³/mol. The first-order valence-corrected chi connectivity index (χ1v) is 7.92. The zero-order valence-electron chi connectivity index (χ0n) is 13.4. The molecular weight excluding hydrogens is 234 g/mol. The third-order valence-electron chi connectivity index (χ3n) is 3.55. The van der Waals surface area contributed by atoms with Crippen molar-refractivity contribution in [2.45, 2.75) is 72.9 Å². The first-order chi connectivity index (χ1) is 9.12. The average molecular weight is 265 g/mol. The van der Waals surface area contributed by atoms with Gasteiger partial charge in [-0.3, -0.25) is 4.68 Å². The van der Waals surface area contributed by atoms with E-state index >= 15 is 0 Å². The Morgan fingerprint density at radius 1 is 1.21 bits per heavy atom. The SMILES string of the molecule is CCCNC(CCC(C)C)c1cc(CC)nn1CC. The molecule has 19 heavy (non-hydrogen) atoms. The molecule has 1 unspecified atom stereocenters. The number of rotatable bonds is 9. The van der Waals surface area contributed by atoms with E-state index in [1.54, 1.807) is 0 Å². The van der Waals surface area contributed by atoms with Crippen LogP contribution in [0.15, 0.2) is 6.07 Å². The fraction of sp³-hybridized carbons (Fsp3) is 0.812. The standard InChI is InChI=1S/C16H31N3/c1-6-11-17-15(10-9-13(4)5)16-12-14(7-2)18-19(16)8-3/h12-13,15,17H,6-11H2,1-5H3. The van der Waals surface area contributed by atoms with Crippen LogP contribution in [0.2, 0.25) is 0 Å². The Balaban J connectivity index is 2.84. The van der Waals surface area contributed by atoms with E-state index in [0.29, 0.717) is 6.04 Å². The van der Waals surface area contributed by atoms with Gasteiger partial charge in [0.05, 0.1) is 11.4 Å². The fourth-order valence-electron chi connectivity index (χ4n) is 2.37. The van der Waals surface area contributed by atoms with Crippen LogP contribution >= 0.6 is 0 Å². The highest BCUT2D eigenvalue weighted by molar-refractivity contribution is 5.14. The third kappa shape index (κ3) is 4.98. The van der Waals surface area contributed by atoms with Crippen molar-refractivity contribution in [3.8, 4) is 0 Å². The first-order valence-electron chi connectivity index (χ1n) is 7.92. The van der Waals surface area contributed by atoms with Crippen molar-refractivity contribution in [3.63, 3.8) is 0 Å². The van der Waals surface area contributed by atoms with Crippen molar-refractivity contribution < 1.29 is 0 Å². The van der Waals surface area contributed by atoms with Gasteiger partial charge in [0.2, 0.25) is 0 Å². The molecule has 1 atom stereocenters. The molecule has 3 heteroatoms. The van der Waals surface area contributed by atoms with Crippen molar-refractivity contribution >= 4 is 0 Å². The van der Waals surface area contributed by atoms with Gasteiger partial charge in [0.15, 0.2) is 0 Å². The molecule has 110 valence electrons. The van der Waals surface area contributed by atoms with Gasteiger partial charge in [-0.1, -0.05) is 27.7 Å². The smallest absolute Gasteiger partial charge is 0.0625 e. The normalized spacial score (nSPS) is 13.2. The monoisotopic (exact) mass is 265 g/mol. The maximum absolute atomic E-state index is 4.68. The predicted octanol–water partition coefficient (Wildman–Crippen LogP) is 3.94. The lowest BCUT2D eigenvalue weighted by molar-refractivity contribution is 0.415. The quantitative estimate of drug-likeness (QED) is 0.733. The zero-order valence-corrected chi connectivity index (χ0v) is 13.4. The molecule has 0 spiro atoms. The number of hydrogen-bond donors (Lipinski definition) is 1. The Hall–Kier alpha value is -0.830. The Kier molecular flexibility index (Phi) is 7.14. The van der Waals surface area contributed by atoms with Crippen molar-refractivity contribution in [2.24, 2.45) is 5.92 Å². The van der Waals surface area contributed by atoms with E-state index in [1.165, 1.54) is 30.7 Å². The maximum Gasteiger partial charge on any atom is 0.0625 e. The van der Waals surface area contributed by atoms with Crippen LogP contribution < -0.4 is 5.32 Å². The second-order valence-corrected chi connectivity index (χ2v) is 5.71. The van der Waals surface area contributed by atoms with E-state index in [4.69, 9.17) is 0 Å². The van der Waals surface area contributed by atoms with Crippen LogP contribution in [0.4, 0.5) is 0 Å². The maximum atomic E-state index is 4.68. The van der Waals surface area contributed by atoms with Gasteiger partial charge >= 0.3 is 0 Å². The molecule has 1 N–H and O–H groups in total. The number of nitrogens with one attached hydrogen (secondary N) is 1. The minimum atomic E-state index is 0.454. The minimum Gasteiger partial charge on any atom is -0.309 e. The van der Waals surface area contributed by atoms with Gasteiger partial charge in [-0.05, 0) is 51.1 Å². The highest BCUT2D eigenvalue weighted by atomic mass is 15.3. The largest absolute Gasteiger partial charge is 0.309 e. The summed E-state index contributed by atoms with van der Waals surface area (Å²) in [6.45, 7) is 13.2. The summed E-state index contributed by atoms with van der Waals surface area (Å²) in [6, 6.07) is 2.74. The number of aryl methyl sites for hydroxylation is 2. The molecule has 1 aromatic rings. The third-order valence-corrected chi connectivity index (χ3v) is 3.55. The van der Waals surface area contributed by atoms with E-state index in [-0.39, 0.29) is 0 Å². The lowest BCUT2D eigenvalue weighted by Crippen LogP contribution is -2.25. The van der Waals surface area contributed by atoms with Crippen molar-refractivity contribution in [3.05, 3.63) is 17.5 Å². The van der Waals surface area contributed by atoms with Gasteiger partial charge in [0.1, 0.15) is 0 Å². The van der Waals surface area contributed by atoms with Gasteiger partial charge in [-0.25, -0.2) is 0 Å². The molecule has 0 radical (unpaired) electrons. The van der Waals surface area contributed by atoms with Crippen molar-refractivity contribution in [1.29, 1.82) is 0 Å². The Morgan fingerprint density at radius 3 is 2.47 bits per heavy atom. The molecule has 1 rings (SSSR count).